The summed E-state index contributed by atoms with van der Waals surface area (Å²) in [5, 5.41) is 11.5. The van der Waals surface area contributed by atoms with E-state index in [0.29, 0.717) is 53.2 Å². The van der Waals surface area contributed by atoms with Gasteiger partial charge in [-0.05, 0) is 68.2 Å². The third-order valence-electron chi connectivity index (χ3n) is 6.48. The number of hydrogen-bond acceptors (Lipinski definition) is 6. The van der Waals surface area contributed by atoms with Gasteiger partial charge in [0.1, 0.15) is 11.6 Å². The second-order valence-electron chi connectivity index (χ2n) is 9.57. The Hall–Kier alpha value is -3.89. The van der Waals surface area contributed by atoms with E-state index in [1.807, 2.05) is 37.2 Å². The third-order valence-corrected chi connectivity index (χ3v) is 7.67. The molecule has 0 amide bonds. The number of aromatic nitrogens is 1. The van der Waals surface area contributed by atoms with Crippen molar-refractivity contribution in [2.75, 3.05) is 44.4 Å². The topological polar surface area (TPSA) is 98.2 Å². The van der Waals surface area contributed by atoms with Crippen molar-refractivity contribution in [1.29, 1.82) is 0 Å². The van der Waals surface area contributed by atoms with Gasteiger partial charge in [0.25, 0.3) is 0 Å². The lowest BCUT2D eigenvalue weighted by atomic mass is 9.99. The molecule has 3 aromatic carbocycles. The SMILES string of the molecule is CN(C)CCN(c1ccc(N=C(c2ccc3c(c2)OCC3)c2c(O)[nH]c3cc(F)ccc23)cc1)S(C)(=O)=O. The maximum atomic E-state index is 13.9. The zero-order chi connectivity index (χ0) is 27.0. The van der Waals surface area contributed by atoms with Gasteiger partial charge in [-0.25, -0.2) is 17.8 Å². The quantitative estimate of drug-likeness (QED) is 0.325. The molecule has 2 heterocycles. The van der Waals surface area contributed by atoms with Gasteiger partial charge in [-0.15, -0.1) is 0 Å². The highest BCUT2D eigenvalue weighted by Crippen LogP contribution is 2.34. The number of fused-ring (bicyclic) bond motifs is 2. The lowest BCUT2D eigenvalue weighted by Gasteiger charge is -2.24. The number of hydrogen-bond donors (Lipinski definition) is 2. The molecule has 38 heavy (non-hydrogen) atoms. The van der Waals surface area contributed by atoms with Crippen LogP contribution in [0.2, 0.25) is 0 Å². The number of nitrogens with zero attached hydrogens (tertiary/aromatic N) is 3. The average Bonchev–Trinajstić information content (AvgIpc) is 3.45. The van der Waals surface area contributed by atoms with Crippen LogP contribution in [0, 0.1) is 5.82 Å². The molecule has 0 saturated heterocycles. The Balaban J connectivity index is 1.61. The normalized spacial score (nSPS) is 13.7. The molecule has 0 spiro atoms. The molecule has 0 unspecified atom stereocenters. The smallest absolute Gasteiger partial charge is 0.232 e. The Morgan fingerprint density at radius 2 is 1.84 bits per heavy atom. The predicted octanol–water partition coefficient (Wildman–Crippen LogP) is 4.44. The number of halogens is 1. The van der Waals surface area contributed by atoms with Crippen LogP contribution in [0.1, 0.15) is 16.7 Å². The van der Waals surface area contributed by atoms with Crippen molar-refractivity contribution in [1.82, 2.24) is 9.88 Å². The van der Waals surface area contributed by atoms with E-state index in [-0.39, 0.29) is 5.88 Å². The molecule has 198 valence electrons. The zero-order valence-electron chi connectivity index (χ0n) is 21.4. The lowest BCUT2D eigenvalue weighted by molar-refractivity contribution is 0.357. The molecule has 2 N–H and O–H groups in total. The first-order valence-electron chi connectivity index (χ1n) is 12.2. The van der Waals surface area contributed by atoms with Crippen molar-refractivity contribution in [2.45, 2.75) is 6.42 Å². The third kappa shape index (κ3) is 5.23. The molecule has 4 aromatic rings. The lowest BCUT2D eigenvalue weighted by Crippen LogP contribution is -2.35. The minimum Gasteiger partial charge on any atom is -0.494 e. The van der Waals surface area contributed by atoms with Crippen LogP contribution in [0.5, 0.6) is 11.6 Å². The number of benzene rings is 3. The van der Waals surface area contributed by atoms with E-state index in [1.54, 1.807) is 30.3 Å². The summed E-state index contributed by atoms with van der Waals surface area (Å²) in [5.74, 6) is 0.213. The molecule has 10 heteroatoms. The summed E-state index contributed by atoms with van der Waals surface area (Å²) in [4.78, 5) is 9.64. The highest BCUT2D eigenvalue weighted by molar-refractivity contribution is 7.92. The molecule has 0 atom stereocenters. The number of aromatic hydroxyl groups is 1. The highest BCUT2D eigenvalue weighted by atomic mass is 32.2. The first-order valence-corrected chi connectivity index (χ1v) is 14.0. The molecular formula is C28H29FN4O4S. The Morgan fingerprint density at radius 1 is 1.08 bits per heavy atom. The van der Waals surface area contributed by atoms with Gasteiger partial charge in [0, 0.05) is 30.5 Å². The zero-order valence-corrected chi connectivity index (χ0v) is 22.2. The Kier molecular flexibility index (Phi) is 6.85. The Labute approximate surface area is 221 Å². The van der Waals surface area contributed by atoms with Gasteiger partial charge < -0.3 is 19.7 Å². The van der Waals surface area contributed by atoms with Gasteiger partial charge in [-0.3, -0.25) is 4.31 Å². The van der Waals surface area contributed by atoms with Crippen molar-refractivity contribution in [3.63, 3.8) is 0 Å². The van der Waals surface area contributed by atoms with Gasteiger partial charge in [0.2, 0.25) is 10.0 Å². The summed E-state index contributed by atoms with van der Waals surface area (Å²) >= 11 is 0. The van der Waals surface area contributed by atoms with Gasteiger partial charge in [-0.2, -0.15) is 0 Å². The fraction of sp³-hybridized carbons (Fsp3) is 0.250. The van der Waals surface area contributed by atoms with Crippen LogP contribution in [0.25, 0.3) is 10.9 Å². The molecule has 1 aromatic heterocycles. The number of aromatic amines is 1. The van der Waals surface area contributed by atoms with Crippen molar-refractivity contribution in [3.05, 3.63) is 83.2 Å². The number of aliphatic imine (C=N–C) groups is 1. The number of H-pyrrole nitrogens is 1. The van der Waals surface area contributed by atoms with Gasteiger partial charge in [-0.1, -0.05) is 12.1 Å². The van der Waals surface area contributed by atoms with Gasteiger partial charge in [0.15, 0.2) is 5.88 Å². The first-order chi connectivity index (χ1) is 18.1. The predicted molar refractivity (Wildman–Crippen MR) is 148 cm³/mol. The molecule has 1 aliphatic rings. The number of ether oxygens (including phenoxy) is 1. The van der Waals surface area contributed by atoms with E-state index in [1.165, 1.54) is 22.7 Å². The second kappa shape index (κ2) is 10.1. The molecule has 1 aliphatic heterocycles. The van der Waals surface area contributed by atoms with Crippen LogP contribution >= 0.6 is 0 Å². The van der Waals surface area contributed by atoms with Crippen molar-refractivity contribution in [3.8, 4) is 11.6 Å². The Bertz CT molecular complexity index is 1630. The van der Waals surface area contributed by atoms with Gasteiger partial charge >= 0.3 is 0 Å². The van der Waals surface area contributed by atoms with E-state index in [9.17, 15) is 17.9 Å². The molecule has 0 bridgehead atoms. The first kappa shape index (κ1) is 25.7. The standard InChI is InChI=1S/C28H29FN4O4S/c1-32(2)13-14-33(38(3,35)36)22-9-7-21(8-10-22)30-27(19-5-4-18-12-15-37-25(18)16-19)26-23-11-6-20(29)17-24(23)31-28(26)34/h4-11,16-17,31,34H,12-15H2,1-3H3. The molecule has 0 aliphatic carbocycles. The van der Waals surface area contributed by atoms with Crippen LogP contribution in [0.3, 0.4) is 0 Å². The summed E-state index contributed by atoms with van der Waals surface area (Å²) in [6.45, 7) is 1.49. The van der Waals surface area contributed by atoms with Crippen molar-refractivity contribution in [2.24, 2.45) is 4.99 Å². The van der Waals surface area contributed by atoms with Crippen LogP contribution in [0.15, 0.2) is 65.7 Å². The van der Waals surface area contributed by atoms with E-state index >= 15 is 0 Å². The summed E-state index contributed by atoms with van der Waals surface area (Å²) in [6, 6.07) is 17.0. The number of likely N-dealkylation sites (N-methyl/N-ethyl adjacent to an activating group) is 1. The molecule has 5 rings (SSSR count). The number of nitrogens with one attached hydrogen (secondary N) is 1. The van der Waals surface area contributed by atoms with E-state index in [2.05, 4.69) is 4.98 Å². The summed E-state index contributed by atoms with van der Waals surface area (Å²) in [5.41, 5.74) is 4.26. The maximum Gasteiger partial charge on any atom is 0.232 e. The highest BCUT2D eigenvalue weighted by Gasteiger charge is 2.22. The van der Waals surface area contributed by atoms with Crippen molar-refractivity contribution >= 4 is 38.0 Å². The van der Waals surface area contributed by atoms with E-state index in [4.69, 9.17) is 9.73 Å². The number of sulfonamides is 1. The van der Waals surface area contributed by atoms with E-state index < -0.39 is 15.8 Å². The number of rotatable bonds is 8. The maximum absolute atomic E-state index is 13.9. The summed E-state index contributed by atoms with van der Waals surface area (Å²) in [7, 11) is 0.296. The van der Waals surface area contributed by atoms with E-state index in [0.717, 1.165) is 23.3 Å². The fourth-order valence-electron chi connectivity index (χ4n) is 4.57. The minimum absolute atomic E-state index is 0.130. The molecule has 0 fully saturated rings. The minimum atomic E-state index is -3.48. The van der Waals surface area contributed by atoms with Crippen LogP contribution in [-0.4, -0.2) is 69.2 Å². The molecule has 8 nitrogen and oxygen atoms in total. The van der Waals surface area contributed by atoms with Crippen LogP contribution in [-0.2, 0) is 16.4 Å². The summed E-state index contributed by atoms with van der Waals surface area (Å²) < 4.78 is 45.9. The van der Waals surface area contributed by atoms with Crippen LogP contribution < -0.4 is 9.04 Å². The van der Waals surface area contributed by atoms with Gasteiger partial charge in [0.05, 0.1) is 41.0 Å². The monoisotopic (exact) mass is 536 g/mol. The molecule has 0 radical (unpaired) electrons. The summed E-state index contributed by atoms with van der Waals surface area (Å²) in [6.07, 6.45) is 2.01. The largest absolute Gasteiger partial charge is 0.494 e. The fourth-order valence-corrected chi connectivity index (χ4v) is 5.49. The molecular weight excluding hydrogens is 507 g/mol. The molecule has 0 saturated carbocycles. The number of anilines is 1. The average molecular weight is 537 g/mol. The van der Waals surface area contributed by atoms with Crippen LogP contribution in [0.4, 0.5) is 15.8 Å². The van der Waals surface area contributed by atoms with Crippen molar-refractivity contribution < 1.29 is 22.7 Å². The Morgan fingerprint density at radius 3 is 2.55 bits per heavy atom. The second-order valence-corrected chi connectivity index (χ2v) is 11.5.